The topological polar surface area (TPSA) is 66.9 Å². The van der Waals surface area contributed by atoms with Crippen molar-refractivity contribution >= 4 is 17.3 Å². The molecule has 2 heterocycles. The standard InChI is InChI=1S/C20H17NO5S/c1-2-23-16-6-4-3-5-15(16)20-21-13(11-27-20)9-19(22)26-14-7-8-17-18(10-14)25-12-24-17/h3-8,10-11H,2,9,12H2,1H3. The second kappa shape index (κ2) is 7.67. The van der Waals surface area contributed by atoms with Crippen LogP contribution in [0.1, 0.15) is 12.6 Å². The Morgan fingerprint density at radius 1 is 1.19 bits per heavy atom. The minimum Gasteiger partial charge on any atom is -0.493 e. The molecular weight excluding hydrogens is 366 g/mol. The number of fused-ring (bicyclic) bond motifs is 1. The molecule has 2 aromatic carbocycles. The Hall–Kier alpha value is -3.06. The number of hydrogen-bond donors (Lipinski definition) is 0. The van der Waals surface area contributed by atoms with E-state index in [0.29, 0.717) is 29.5 Å². The van der Waals surface area contributed by atoms with E-state index in [9.17, 15) is 4.79 Å². The first kappa shape index (κ1) is 17.4. The third kappa shape index (κ3) is 3.88. The van der Waals surface area contributed by atoms with Gasteiger partial charge in [-0.15, -0.1) is 11.3 Å². The fraction of sp³-hybridized carbons (Fsp3) is 0.200. The van der Waals surface area contributed by atoms with Gasteiger partial charge in [0.2, 0.25) is 6.79 Å². The Balaban J connectivity index is 1.44. The number of thiazole rings is 1. The van der Waals surface area contributed by atoms with Gasteiger partial charge in [-0.05, 0) is 31.2 Å². The molecule has 1 aliphatic rings. The number of rotatable bonds is 6. The second-order valence-corrected chi connectivity index (χ2v) is 6.60. The fourth-order valence-corrected chi connectivity index (χ4v) is 3.54. The van der Waals surface area contributed by atoms with Crippen LogP contribution in [-0.2, 0) is 11.2 Å². The van der Waals surface area contributed by atoms with E-state index < -0.39 is 0 Å². The monoisotopic (exact) mass is 383 g/mol. The molecule has 0 saturated heterocycles. The number of para-hydroxylation sites is 1. The molecule has 3 aromatic rings. The molecule has 4 rings (SSSR count). The maximum atomic E-state index is 12.2. The molecule has 1 aliphatic heterocycles. The summed E-state index contributed by atoms with van der Waals surface area (Å²) in [4.78, 5) is 16.8. The molecule has 0 unspecified atom stereocenters. The van der Waals surface area contributed by atoms with Crippen molar-refractivity contribution in [3.05, 3.63) is 53.5 Å². The number of nitrogens with zero attached hydrogens (tertiary/aromatic N) is 1. The predicted molar refractivity (Wildman–Crippen MR) is 101 cm³/mol. The highest BCUT2D eigenvalue weighted by Crippen LogP contribution is 2.35. The van der Waals surface area contributed by atoms with Crippen molar-refractivity contribution in [3.63, 3.8) is 0 Å². The molecule has 0 N–H and O–H groups in total. The number of ether oxygens (including phenoxy) is 4. The number of hydrogen-bond acceptors (Lipinski definition) is 7. The van der Waals surface area contributed by atoms with Crippen LogP contribution in [0.25, 0.3) is 10.6 Å². The molecule has 0 aliphatic carbocycles. The molecule has 0 saturated carbocycles. The van der Waals surface area contributed by atoms with E-state index in [0.717, 1.165) is 16.3 Å². The van der Waals surface area contributed by atoms with Crippen LogP contribution in [0.4, 0.5) is 0 Å². The number of benzene rings is 2. The van der Waals surface area contributed by atoms with Crippen molar-refractivity contribution in [2.75, 3.05) is 13.4 Å². The third-order valence-electron chi connectivity index (χ3n) is 3.87. The smallest absolute Gasteiger partial charge is 0.317 e. The van der Waals surface area contributed by atoms with Gasteiger partial charge in [0.05, 0.1) is 24.3 Å². The first-order chi connectivity index (χ1) is 13.2. The lowest BCUT2D eigenvalue weighted by Gasteiger charge is -2.07. The zero-order chi connectivity index (χ0) is 18.6. The first-order valence-corrected chi connectivity index (χ1v) is 9.38. The Morgan fingerprint density at radius 2 is 2.04 bits per heavy atom. The average molecular weight is 383 g/mol. The molecule has 0 amide bonds. The van der Waals surface area contributed by atoms with Gasteiger partial charge in [0.1, 0.15) is 16.5 Å². The third-order valence-corrected chi connectivity index (χ3v) is 4.79. The fourth-order valence-electron chi connectivity index (χ4n) is 2.69. The van der Waals surface area contributed by atoms with E-state index >= 15 is 0 Å². The van der Waals surface area contributed by atoms with Crippen LogP contribution in [0.5, 0.6) is 23.0 Å². The van der Waals surface area contributed by atoms with Gasteiger partial charge in [0, 0.05) is 11.4 Å². The van der Waals surface area contributed by atoms with Gasteiger partial charge in [-0.3, -0.25) is 4.79 Å². The summed E-state index contributed by atoms with van der Waals surface area (Å²) in [5.74, 6) is 2.03. The summed E-state index contributed by atoms with van der Waals surface area (Å²) in [6.45, 7) is 2.70. The SMILES string of the molecule is CCOc1ccccc1-c1nc(CC(=O)Oc2ccc3c(c2)OCO3)cs1. The van der Waals surface area contributed by atoms with Crippen LogP contribution in [0.2, 0.25) is 0 Å². The van der Waals surface area contributed by atoms with Gasteiger partial charge >= 0.3 is 5.97 Å². The lowest BCUT2D eigenvalue weighted by molar-refractivity contribution is -0.133. The Kier molecular flexibility index (Phi) is 4.93. The van der Waals surface area contributed by atoms with Gasteiger partial charge in [0.25, 0.3) is 0 Å². The summed E-state index contributed by atoms with van der Waals surface area (Å²) in [5, 5.41) is 2.67. The van der Waals surface area contributed by atoms with Crippen LogP contribution in [-0.4, -0.2) is 24.4 Å². The number of aromatic nitrogens is 1. The average Bonchev–Trinajstić information content (AvgIpc) is 3.31. The molecule has 1 aromatic heterocycles. The molecule has 0 radical (unpaired) electrons. The summed E-state index contributed by atoms with van der Waals surface area (Å²) in [5.41, 5.74) is 1.58. The van der Waals surface area contributed by atoms with Gasteiger partial charge in [-0.1, -0.05) is 12.1 Å². The normalized spacial score (nSPS) is 12.0. The number of esters is 1. The second-order valence-electron chi connectivity index (χ2n) is 5.74. The molecule has 0 fully saturated rings. The minimum absolute atomic E-state index is 0.0851. The minimum atomic E-state index is -0.385. The Morgan fingerprint density at radius 3 is 2.93 bits per heavy atom. The molecule has 0 bridgehead atoms. The van der Waals surface area contributed by atoms with Gasteiger partial charge < -0.3 is 18.9 Å². The van der Waals surface area contributed by atoms with Crippen molar-refractivity contribution in [3.8, 4) is 33.6 Å². The molecule has 7 heteroatoms. The maximum Gasteiger partial charge on any atom is 0.317 e. The summed E-state index contributed by atoms with van der Waals surface area (Å²) >= 11 is 1.47. The van der Waals surface area contributed by atoms with E-state index in [1.54, 1.807) is 18.2 Å². The quantitative estimate of drug-likeness (QED) is 0.472. The zero-order valence-electron chi connectivity index (χ0n) is 14.6. The zero-order valence-corrected chi connectivity index (χ0v) is 15.5. The maximum absolute atomic E-state index is 12.2. The van der Waals surface area contributed by atoms with Crippen molar-refractivity contribution in [1.82, 2.24) is 4.98 Å². The molecule has 27 heavy (non-hydrogen) atoms. The Labute approximate surface area is 160 Å². The van der Waals surface area contributed by atoms with Crippen molar-refractivity contribution in [2.24, 2.45) is 0 Å². The molecule has 138 valence electrons. The first-order valence-electron chi connectivity index (χ1n) is 8.50. The largest absolute Gasteiger partial charge is 0.493 e. The van der Waals surface area contributed by atoms with E-state index in [-0.39, 0.29) is 19.2 Å². The molecular formula is C20H17NO5S. The van der Waals surface area contributed by atoms with Gasteiger partial charge in [-0.2, -0.15) is 0 Å². The highest BCUT2D eigenvalue weighted by atomic mass is 32.1. The molecule has 0 spiro atoms. The van der Waals surface area contributed by atoms with Crippen LogP contribution >= 0.6 is 11.3 Å². The van der Waals surface area contributed by atoms with Crippen molar-refractivity contribution < 1.29 is 23.7 Å². The van der Waals surface area contributed by atoms with Gasteiger partial charge in [0.15, 0.2) is 11.5 Å². The highest BCUT2D eigenvalue weighted by molar-refractivity contribution is 7.13. The molecule has 6 nitrogen and oxygen atoms in total. The van der Waals surface area contributed by atoms with Crippen molar-refractivity contribution in [2.45, 2.75) is 13.3 Å². The van der Waals surface area contributed by atoms with E-state index in [2.05, 4.69) is 4.98 Å². The summed E-state index contributed by atoms with van der Waals surface area (Å²) in [6, 6.07) is 12.8. The number of carbonyl (C=O) groups excluding carboxylic acids is 1. The van der Waals surface area contributed by atoms with E-state index in [4.69, 9.17) is 18.9 Å². The van der Waals surface area contributed by atoms with Crippen LogP contribution in [0.3, 0.4) is 0 Å². The highest BCUT2D eigenvalue weighted by Gasteiger charge is 2.17. The lowest BCUT2D eigenvalue weighted by atomic mass is 10.2. The van der Waals surface area contributed by atoms with E-state index in [1.165, 1.54) is 11.3 Å². The number of carbonyl (C=O) groups is 1. The summed E-state index contributed by atoms with van der Waals surface area (Å²) in [6.07, 6.45) is 0.0851. The van der Waals surface area contributed by atoms with Crippen LogP contribution in [0, 0.1) is 0 Å². The Bertz CT molecular complexity index is 969. The van der Waals surface area contributed by atoms with Gasteiger partial charge in [-0.25, -0.2) is 4.98 Å². The van der Waals surface area contributed by atoms with Crippen molar-refractivity contribution in [1.29, 1.82) is 0 Å². The predicted octanol–water partition coefficient (Wildman–Crippen LogP) is 4.09. The van der Waals surface area contributed by atoms with Crippen LogP contribution < -0.4 is 18.9 Å². The molecule has 0 atom stereocenters. The summed E-state index contributed by atoms with van der Waals surface area (Å²) in [7, 11) is 0. The summed E-state index contributed by atoms with van der Waals surface area (Å²) < 4.78 is 21.6. The lowest BCUT2D eigenvalue weighted by Crippen LogP contribution is -2.11. The van der Waals surface area contributed by atoms with E-state index in [1.807, 2.05) is 36.6 Å². The van der Waals surface area contributed by atoms with Crippen LogP contribution in [0.15, 0.2) is 47.8 Å².